The molecular weight excluding hydrogens is 230 g/mol. The van der Waals surface area contributed by atoms with E-state index >= 15 is 0 Å². The van der Waals surface area contributed by atoms with E-state index in [0.29, 0.717) is 6.54 Å². The minimum absolute atomic E-state index is 0.492. The molecule has 0 heterocycles. The van der Waals surface area contributed by atoms with E-state index in [0.717, 1.165) is 29.4 Å². The minimum atomic E-state index is 0.492. The van der Waals surface area contributed by atoms with Crippen LogP contribution in [0.2, 0.25) is 5.02 Å². The number of ether oxygens (including phenoxy) is 1. The third kappa shape index (κ3) is 4.03. The van der Waals surface area contributed by atoms with E-state index in [9.17, 15) is 0 Å². The lowest BCUT2D eigenvalue weighted by Gasteiger charge is -2.08. The van der Waals surface area contributed by atoms with Crippen molar-refractivity contribution in [2.75, 3.05) is 19.5 Å². The number of hydrogen-bond acceptors (Lipinski definition) is 3. The molecule has 1 aromatic carbocycles. The lowest BCUT2D eigenvalue weighted by molar-refractivity contribution is 0.200. The Balaban J connectivity index is 2.56. The third-order valence-electron chi connectivity index (χ3n) is 2.03. The minimum Gasteiger partial charge on any atom is -0.385 e. The summed E-state index contributed by atoms with van der Waals surface area (Å²) in [6.07, 6.45) is 1.04. The Kier molecular flexibility index (Phi) is 6.10. The van der Waals surface area contributed by atoms with Gasteiger partial charge in [-0.3, -0.25) is 0 Å². The van der Waals surface area contributed by atoms with Gasteiger partial charge in [-0.1, -0.05) is 17.7 Å². The Morgan fingerprint density at radius 3 is 2.93 bits per heavy atom. The SMILES string of the molecule is COCCCSc1cccc(Cl)c1CN. The Morgan fingerprint density at radius 1 is 1.47 bits per heavy atom. The first-order chi connectivity index (χ1) is 7.29. The molecule has 0 aliphatic carbocycles. The van der Waals surface area contributed by atoms with E-state index < -0.39 is 0 Å². The highest BCUT2D eigenvalue weighted by atomic mass is 35.5. The molecule has 2 nitrogen and oxygen atoms in total. The van der Waals surface area contributed by atoms with Gasteiger partial charge in [0.05, 0.1) is 0 Å². The average molecular weight is 246 g/mol. The van der Waals surface area contributed by atoms with Crippen molar-refractivity contribution in [3.8, 4) is 0 Å². The van der Waals surface area contributed by atoms with Gasteiger partial charge in [-0.05, 0) is 24.1 Å². The molecule has 0 saturated carbocycles. The lowest BCUT2D eigenvalue weighted by atomic mass is 10.2. The Labute approximate surface area is 100 Å². The fraction of sp³-hybridized carbons (Fsp3) is 0.455. The van der Waals surface area contributed by atoms with Crippen molar-refractivity contribution in [1.29, 1.82) is 0 Å². The summed E-state index contributed by atoms with van der Waals surface area (Å²) in [6, 6.07) is 5.90. The van der Waals surface area contributed by atoms with Gasteiger partial charge in [-0.2, -0.15) is 0 Å². The molecular formula is C11H16ClNOS. The zero-order valence-electron chi connectivity index (χ0n) is 8.83. The summed E-state index contributed by atoms with van der Waals surface area (Å²) in [7, 11) is 1.72. The summed E-state index contributed by atoms with van der Waals surface area (Å²) >= 11 is 7.83. The van der Waals surface area contributed by atoms with Crippen molar-refractivity contribution in [1.82, 2.24) is 0 Å². The number of hydrogen-bond donors (Lipinski definition) is 1. The van der Waals surface area contributed by atoms with Crippen LogP contribution < -0.4 is 5.73 Å². The molecule has 0 fully saturated rings. The van der Waals surface area contributed by atoms with E-state index in [4.69, 9.17) is 22.1 Å². The standard InChI is InChI=1S/C11H16ClNOS/c1-14-6-3-7-15-11-5-2-4-10(12)9(11)8-13/h2,4-5H,3,6-8,13H2,1H3. The molecule has 0 unspecified atom stereocenters. The highest BCUT2D eigenvalue weighted by Crippen LogP contribution is 2.28. The van der Waals surface area contributed by atoms with Crippen LogP contribution in [0.3, 0.4) is 0 Å². The van der Waals surface area contributed by atoms with E-state index in [2.05, 4.69) is 6.07 Å². The topological polar surface area (TPSA) is 35.2 Å². The van der Waals surface area contributed by atoms with Crippen LogP contribution >= 0.6 is 23.4 Å². The van der Waals surface area contributed by atoms with Gasteiger partial charge in [0.2, 0.25) is 0 Å². The van der Waals surface area contributed by atoms with Crippen molar-refractivity contribution in [2.45, 2.75) is 17.9 Å². The molecule has 0 amide bonds. The second-order valence-corrected chi connectivity index (χ2v) is 4.66. The fourth-order valence-electron chi connectivity index (χ4n) is 1.26. The molecule has 0 spiro atoms. The van der Waals surface area contributed by atoms with E-state index in [1.165, 1.54) is 4.90 Å². The van der Waals surface area contributed by atoms with Crippen LogP contribution in [0.15, 0.2) is 23.1 Å². The highest BCUT2D eigenvalue weighted by molar-refractivity contribution is 7.99. The monoisotopic (exact) mass is 245 g/mol. The van der Waals surface area contributed by atoms with Gasteiger partial charge in [0.25, 0.3) is 0 Å². The Bertz CT molecular complexity index is 307. The zero-order chi connectivity index (χ0) is 11.1. The maximum absolute atomic E-state index is 6.05. The average Bonchev–Trinajstić information content (AvgIpc) is 2.24. The third-order valence-corrected chi connectivity index (χ3v) is 3.57. The molecule has 0 aromatic heterocycles. The summed E-state index contributed by atoms with van der Waals surface area (Å²) in [4.78, 5) is 1.18. The van der Waals surface area contributed by atoms with Gasteiger partial charge in [0.15, 0.2) is 0 Å². The molecule has 15 heavy (non-hydrogen) atoms. The van der Waals surface area contributed by atoms with E-state index in [-0.39, 0.29) is 0 Å². The lowest BCUT2D eigenvalue weighted by Crippen LogP contribution is -2.00. The molecule has 2 N–H and O–H groups in total. The van der Waals surface area contributed by atoms with Crippen LogP contribution in [0.1, 0.15) is 12.0 Å². The number of thioether (sulfide) groups is 1. The molecule has 0 aliphatic heterocycles. The Hall–Kier alpha value is -0.220. The largest absolute Gasteiger partial charge is 0.385 e. The first-order valence-electron chi connectivity index (χ1n) is 4.88. The van der Waals surface area contributed by atoms with Crippen LogP contribution in [0, 0.1) is 0 Å². The number of nitrogens with two attached hydrogens (primary N) is 1. The molecule has 0 atom stereocenters. The van der Waals surface area contributed by atoms with Gasteiger partial charge >= 0.3 is 0 Å². The molecule has 84 valence electrons. The van der Waals surface area contributed by atoms with Crippen LogP contribution in [-0.2, 0) is 11.3 Å². The highest BCUT2D eigenvalue weighted by Gasteiger charge is 2.05. The summed E-state index contributed by atoms with van der Waals surface area (Å²) in [5.74, 6) is 1.03. The quantitative estimate of drug-likeness (QED) is 0.618. The summed E-state index contributed by atoms with van der Waals surface area (Å²) in [5.41, 5.74) is 6.70. The summed E-state index contributed by atoms with van der Waals surface area (Å²) in [5, 5.41) is 0.759. The molecule has 1 aromatic rings. The number of rotatable bonds is 6. The van der Waals surface area contributed by atoms with Gasteiger partial charge < -0.3 is 10.5 Å². The predicted octanol–water partition coefficient (Wildman–Crippen LogP) is 2.93. The summed E-state index contributed by atoms with van der Waals surface area (Å²) in [6.45, 7) is 1.29. The van der Waals surface area contributed by atoms with Gasteiger partial charge in [0.1, 0.15) is 0 Å². The number of benzene rings is 1. The van der Waals surface area contributed by atoms with Crippen LogP contribution in [0.5, 0.6) is 0 Å². The molecule has 0 radical (unpaired) electrons. The zero-order valence-corrected chi connectivity index (χ0v) is 10.4. The Morgan fingerprint density at radius 2 is 2.27 bits per heavy atom. The van der Waals surface area contributed by atoms with Crippen LogP contribution in [-0.4, -0.2) is 19.5 Å². The van der Waals surface area contributed by atoms with Crippen molar-refractivity contribution in [3.05, 3.63) is 28.8 Å². The maximum Gasteiger partial charge on any atom is 0.0470 e. The first kappa shape index (κ1) is 12.8. The van der Waals surface area contributed by atoms with Gasteiger partial charge in [0, 0.05) is 35.9 Å². The fourth-order valence-corrected chi connectivity index (χ4v) is 2.59. The predicted molar refractivity (Wildman–Crippen MR) is 66.6 cm³/mol. The van der Waals surface area contributed by atoms with Crippen LogP contribution in [0.4, 0.5) is 0 Å². The normalized spacial score (nSPS) is 10.6. The molecule has 4 heteroatoms. The van der Waals surface area contributed by atoms with E-state index in [1.807, 2.05) is 12.1 Å². The van der Waals surface area contributed by atoms with E-state index in [1.54, 1.807) is 18.9 Å². The number of methoxy groups -OCH3 is 1. The van der Waals surface area contributed by atoms with Gasteiger partial charge in [-0.25, -0.2) is 0 Å². The van der Waals surface area contributed by atoms with Gasteiger partial charge in [-0.15, -0.1) is 11.8 Å². The summed E-state index contributed by atoms with van der Waals surface area (Å²) < 4.78 is 5.00. The first-order valence-corrected chi connectivity index (χ1v) is 6.25. The molecule has 0 bridgehead atoms. The smallest absolute Gasteiger partial charge is 0.0470 e. The van der Waals surface area contributed by atoms with Crippen molar-refractivity contribution >= 4 is 23.4 Å². The second-order valence-electron chi connectivity index (χ2n) is 3.12. The second kappa shape index (κ2) is 7.12. The maximum atomic E-state index is 6.05. The van der Waals surface area contributed by atoms with Crippen molar-refractivity contribution < 1.29 is 4.74 Å². The number of halogens is 1. The van der Waals surface area contributed by atoms with Crippen molar-refractivity contribution in [3.63, 3.8) is 0 Å². The van der Waals surface area contributed by atoms with Crippen molar-refractivity contribution in [2.24, 2.45) is 5.73 Å². The molecule has 1 rings (SSSR count). The van der Waals surface area contributed by atoms with Crippen LogP contribution in [0.25, 0.3) is 0 Å². The molecule has 0 aliphatic rings. The molecule has 0 saturated heterocycles.